The molecule has 57 heavy (non-hydrogen) atoms. The van der Waals surface area contributed by atoms with Gasteiger partial charge in [0.1, 0.15) is 26.4 Å². The first-order chi connectivity index (χ1) is 27.9. The number of rotatable bonds is 18. The number of hydrogen-bond donors (Lipinski definition) is 0. The van der Waals surface area contributed by atoms with Crippen LogP contribution in [-0.4, -0.2) is 51.6 Å². The van der Waals surface area contributed by atoms with Crippen LogP contribution >= 0.6 is 22.7 Å². The van der Waals surface area contributed by atoms with Crippen molar-refractivity contribution in [2.24, 2.45) is 0 Å². The molecule has 2 aromatic heterocycles. The molecular formula is C47H54O8S2. The van der Waals surface area contributed by atoms with E-state index in [0.717, 1.165) is 67.8 Å². The molecule has 4 heterocycles. The first kappa shape index (κ1) is 40.6. The summed E-state index contributed by atoms with van der Waals surface area (Å²) in [4.78, 5) is 28.2. The van der Waals surface area contributed by atoms with Crippen LogP contribution in [0.4, 0.5) is 0 Å². The number of unbranched alkanes of at least 4 members (excludes halogenated alkanes) is 6. The average molecular weight is 811 g/mol. The Balaban J connectivity index is 1.35. The van der Waals surface area contributed by atoms with Crippen LogP contribution in [0.1, 0.15) is 113 Å². The van der Waals surface area contributed by atoms with Crippen LogP contribution in [0, 0.1) is 0 Å². The van der Waals surface area contributed by atoms with Crippen molar-refractivity contribution in [3.63, 3.8) is 0 Å². The van der Waals surface area contributed by atoms with Gasteiger partial charge in [-0.25, -0.2) is 9.59 Å². The molecule has 7 rings (SSSR count). The van der Waals surface area contributed by atoms with Gasteiger partial charge in [0.2, 0.25) is 0 Å². The molecule has 0 N–H and O–H groups in total. The van der Waals surface area contributed by atoms with Gasteiger partial charge in [-0.1, -0.05) is 89.5 Å². The van der Waals surface area contributed by atoms with Crippen LogP contribution in [0.2, 0.25) is 0 Å². The molecule has 0 atom stereocenters. The largest absolute Gasteiger partial charge is 0.485 e. The molecule has 8 nitrogen and oxygen atoms in total. The molecule has 10 heteroatoms. The topological polar surface area (TPSA) is 89.5 Å². The van der Waals surface area contributed by atoms with E-state index < -0.39 is 0 Å². The highest BCUT2D eigenvalue weighted by atomic mass is 32.1. The molecule has 0 spiro atoms. The summed E-state index contributed by atoms with van der Waals surface area (Å²) in [6.45, 7) is 10.6. The fraction of sp³-hybridized carbons (Fsp3) is 0.447. The Hall–Kier alpha value is -4.54. The third-order valence-corrected chi connectivity index (χ3v) is 13.3. The lowest BCUT2D eigenvalue weighted by atomic mass is 9.70. The van der Waals surface area contributed by atoms with Crippen molar-refractivity contribution in [3.8, 4) is 55.0 Å². The second-order valence-electron chi connectivity index (χ2n) is 14.7. The quantitative estimate of drug-likeness (QED) is 0.0558. The lowest BCUT2D eigenvalue weighted by Gasteiger charge is -2.33. The van der Waals surface area contributed by atoms with Crippen molar-refractivity contribution in [2.45, 2.75) is 97.3 Å². The lowest BCUT2D eigenvalue weighted by molar-refractivity contribution is -0.138. The Morgan fingerprint density at radius 1 is 0.596 bits per heavy atom. The number of esters is 2. The zero-order chi connectivity index (χ0) is 39.8. The number of fused-ring (bicyclic) bond motifs is 5. The van der Waals surface area contributed by atoms with E-state index in [1.807, 2.05) is 0 Å². The summed E-state index contributed by atoms with van der Waals surface area (Å²) in [5.41, 5.74) is 7.28. The van der Waals surface area contributed by atoms with E-state index in [0.29, 0.717) is 51.1 Å². The monoisotopic (exact) mass is 810 g/mol. The van der Waals surface area contributed by atoms with Gasteiger partial charge in [-0.05, 0) is 84.4 Å². The molecule has 0 saturated heterocycles. The Morgan fingerprint density at radius 2 is 1.02 bits per heavy atom. The lowest BCUT2D eigenvalue weighted by Crippen LogP contribution is -2.25. The zero-order valence-electron chi connectivity index (χ0n) is 33.7. The number of carbonyl (C=O) groups excluding carboxylic acids is 2. The summed E-state index contributed by atoms with van der Waals surface area (Å²) in [7, 11) is 0. The molecule has 302 valence electrons. The van der Waals surface area contributed by atoms with E-state index in [4.69, 9.17) is 28.4 Å². The number of ether oxygens (including phenoxy) is 6. The van der Waals surface area contributed by atoms with Crippen molar-refractivity contribution in [1.82, 2.24) is 0 Å². The van der Waals surface area contributed by atoms with Crippen molar-refractivity contribution in [2.75, 3.05) is 39.6 Å². The standard InChI is InChI=1S/C47H54O8S2/c1-5-9-11-13-23-47(24-14-12-10-6-2)35-29-31(45-43-41(52-25-27-54-43)37(56-45)19-21-39(48)50-7-3)15-17-33(35)34-18-16-32(30-36(34)47)46-44-42(53-26-28-55-44)38(57-46)20-22-40(49)51-8-4/h15-22,29-30H,5-14,23-28H2,1-4H3/b21-19+,22-20+. The molecule has 2 aliphatic heterocycles. The molecule has 0 amide bonds. The van der Waals surface area contributed by atoms with Crippen LogP contribution in [0.25, 0.3) is 44.2 Å². The summed E-state index contributed by atoms with van der Waals surface area (Å²) in [6, 6.07) is 13.9. The molecule has 2 aromatic carbocycles. The minimum absolute atomic E-state index is 0.194. The number of thiophene rings is 2. The highest BCUT2D eigenvalue weighted by Gasteiger charge is 2.43. The Labute approximate surface area is 344 Å². The summed E-state index contributed by atoms with van der Waals surface area (Å²) in [6.07, 6.45) is 18.1. The second-order valence-corrected chi connectivity index (χ2v) is 16.8. The maximum atomic E-state index is 12.3. The Bertz CT molecular complexity index is 1970. The molecule has 0 bridgehead atoms. The van der Waals surface area contributed by atoms with E-state index in [9.17, 15) is 9.59 Å². The van der Waals surface area contributed by atoms with Crippen LogP contribution < -0.4 is 18.9 Å². The molecule has 0 fully saturated rings. The van der Waals surface area contributed by atoms with Crippen molar-refractivity contribution in [3.05, 3.63) is 69.4 Å². The smallest absolute Gasteiger partial charge is 0.330 e. The normalized spacial score (nSPS) is 14.9. The first-order valence-corrected chi connectivity index (χ1v) is 22.4. The van der Waals surface area contributed by atoms with Crippen molar-refractivity contribution < 1.29 is 38.0 Å². The Morgan fingerprint density at radius 3 is 1.42 bits per heavy atom. The fourth-order valence-electron chi connectivity index (χ4n) is 8.36. The average Bonchev–Trinajstić information content (AvgIpc) is 3.88. The van der Waals surface area contributed by atoms with E-state index in [1.165, 1.54) is 72.9 Å². The zero-order valence-corrected chi connectivity index (χ0v) is 35.3. The van der Waals surface area contributed by atoms with Gasteiger partial charge in [-0.15, -0.1) is 22.7 Å². The van der Waals surface area contributed by atoms with Crippen LogP contribution in [0.3, 0.4) is 0 Å². The third kappa shape index (κ3) is 8.53. The minimum Gasteiger partial charge on any atom is -0.485 e. The SMILES string of the molecule is CCCCCCC1(CCCCCC)c2cc(-c3sc(/C=C/C(=O)OCC)c4c3OCCO4)ccc2-c2ccc(-c3sc(/C=C/C(=O)OCC)c4c3OCCO4)cc21. The molecule has 0 radical (unpaired) electrons. The highest BCUT2D eigenvalue weighted by molar-refractivity contribution is 7.17. The maximum absolute atomic E-state index is 12.3. The van der Waals surface area contributed by atoms with E-state index in [1.54, 1.807) is 48.7 Å². The van der Waals surface area contributed by atoms with Gasteiger partial charge < -0.3 is 28.4 Å². The summed E-state index contributed by atoms with van der Waals surface area (Å²) < 4.78 is 35.2. The van der Waals surface area contributed by atoms with E-state index >= 15 is 0 Å². The highest BCUT2D eigenvalue weighted by Crippen LogP contribution is 2.59. The summed E-state index contributed by atoms with van der Waals surface area (Å²) >= 11 is 3.17. The second kappa shape index (κ2) is 18.8. The van der Waals surface area contributed by atoms with Crippen LogP contribution in [0.15, 0.2) is 48.6 Å². The van der Waals surface area contributed by atoms with Gasteiger partial charge in [-0.3, -0.25) is 0 Å². The van der Waals surface area contributed by atoms with Gasteiger partial charge in [0.05, 0.1) is 32.7 Å². The minimum atomic E-state index is -0.380. The number of benzene rings is 2. The Kier molecular flexibility index (Phi) is 13.4. The number of carbonyl (C=O) groups is 2. The van der Waals surface area contributed by atoms with Crippen molar-refractivity contribution >= 4 is 46.8 Å². The predicted octanol–water partition coefficient (Wildman–Crippen LogP) is 12.0. The van der Waals surface area contributed by atoms with Gasteiger partial charge in [0.15, 0.2) is 23.0 Å². The summed E-state index contributed by atoms with van der Waals surface area (Å²) in [5.74, 6) is 2.08. The molecule has 3 aliphatic rings. The van der Waals surface area contributed by atoms with Gasteiger partial charge in [-0.2, -0.15) is 0 Å². The van der Waals surface area contributed by atoms with Crippen LogP contribution in [0.5, 0.6) is 23.0 Å². The number of hydrogen-bond acceptors (Lipinski definition) is 10. The van der Waals surface area contributed by atoms with E-state index in [2.05, 4.69) is 50.2 Å². The van der Waals surface area contributed by atoms with Gasteiger partial charge >= 0.3 is 11.9 Å². The fourth-order valence-corrected chi connectivity index (χ4v) is 10.5. The predicted molar refractivity (Wildman–Crippen MR) is 230 cm³/mol. The van der Waals surface area contributed by atoms with Crippen molar-refractivity contribution in [1.29, 1.82) is 0 Å². The molecule has 1 aliphatic carbocycles. The van der Waals surface area contributed by atoms with Crippen LogP contribution in [-0.2, 0) is 24.5 Å². The maximum Gasteiger partial charge on any atom is 0.330 e. The van der Waals surface area contributed by atoms with Gasteiger partial charge in [0, 0.05) is 17.6 Å². The molecule has 0 saturated carbocycles. The summed E-state index contributed by atoms with van der Waals surface area (Å²) in [5, 5.41) is 0. The third-order valence-electron chi connectivity index (χ3n) is 11.0. The first-order valence-electron chi connectivity index (χ1n) is 20.8. The van der Waals surface area contributed by atoms with Gasteiger partial charge in [0.25, 0.3) is 0 Å². The molecule has 4 aromatic rings. The molecule has 0 unspecified atom stereocenters. The molecular weight excluding hydrogens is 757 g/mol. The van der Waals surface area contributed by atoms with E-state index in [-0.39, 0.29) is 17.4 Å².